The van der Waals surface area contributed by atoms with Crippen LogP contribution < -0.4 is 0 Å². The first-order valence-corrected chi connectivity index (χ1v) is 41.0. The monoisotopic (exact) mass is 1350 g/mol. The van der Waals surface area contributed by atoms with Crippen LogP contribution >= 0.6 is 15.6 Å². The van der Waals surface area contributed by atoms with Gasteiger partial charge in [-0.3, -0.25) is 37.3 Å². The Morgan fingerprint density at radius 1 is 0.293 bits per heavy atom. The van der Waals surface area contributed by atoms with Crippen LogP contribution in [0.25, 0.3) is 0 Å². The lowest BCUT2D eigenvalue weighted by atomic mass is 10.0. The molecule has 0 amide bonds. The molecule has 3 N–H and O–H groups in total. The number of aliphatic hydroxyl groups excluding tert-OH is 1. The van der Waals surface area contributed by atoms with Crippen molar-refractivity contribution in [2.75, 3.05) is 39.6 Å². The van der Waals surface area contributed by atoms with Crippen LogP contribution in [-0.2, 0) is 65.4 Å². The van der Waals surface area contributed by atoms with Gasteiger partial charge in [-0.25, -0.2) is 9.13 Å². The topological polar surface area (TPSA) is 237 Å². The summed E-state index contributed by atoms with van der Waals surface area (Å²) >= 11 is 0. The molecule has 0 aromatic rings. The molecular weight excluding hydrogens is 1210 g/mol. The summed E-state index contributed by atoms with van der Waals surface area (Å²) in [5.41, 5.74) is 0. The van der Waals surface area contributed by atoms with E-state index in [1.807, 2.05) is 0 Å². The van der Waals surface area contributed by atoms with Crippen molar-refractivity contribution in [1.29, 1.82) is 0 Å². The van der Waals surface area contributed by atoms with Gasteiger partial charge in [-0.2, -0.15) is 0 Å². The van der Waals surface area contributed by atoms with Crippen molar-refractivity contribution >= 4 is 39.5 Å². The van der Waals surface area contributed by atoms with Gasteiger partial charge in [0.2, 0.25) is 0 Å². The van der Waals surface area contributed by atoms with Crippen LogP contribution in [0.2, 0.25) is 0 Å². The molecule has 0 aliphatic carbocycles. The Balaban J connectivity index is 5.24. The summed E-state index contributed by atoms with van der Waals surface area (Å²) in [7, 11) is -9.90. The van der Waals surface area contributed by atoms with Gasteiger partial charge in [-0.15, -0.1) is 0 Å². The summed E-state index contributed by atoms with van der Waals surface area (Å²) < 4.78 is 68.4. The number of aliphatic hydroxyl groups is 1. The molecule has 0 spiro atoms. The van der Waals surface area contributed by atoms with Crippen molar-refractivity contribution in [3.63, 3.8) is 0 Å². The molecule has 5 atom stereocenters. The second kappa shape index (κ2) is 65.0. The fourth-order valence-electron chi connectivity index (χ4n) is 11.1. The minimum atomic E-state index is -4.95. The number of phosphoric ester groups is 2. The fraction of sp³-hybridized carbons (Fsp3) is 0.945. The molecular formula is C73H142O17P2. The predicted octanol–water partition coefficient (Wildman–Crippen LogP) is 21.2. The van der Waals surface area contributed by atoms with Gasteiger partial charge in [-0.1, -0.05) is 324 Å². The third kappa shape index (κ3) is 66.7. The minimum Gasteiger partial charge on any atom is -0.462 e. The molecule has 546 valence electrons. The molecule has 0 aromatic carbocycles. The molecule has 0 saturated heterocycles. The van der Waals surface area contributed by atoms with Crippen molar-refractivity contribution in [3.8, 4) is 0 Å². The third-order valence-corrected chi connectivity index (χ3v) is 18.9. The van der Waals surface area contributed by atoms with Crippen LogP contribution in [0.5, 0.6) is 0 Å². The molecule has 0 radical (unpaired) electrons. The van der Waals surface area contributed by atoms with Crippen molar-refractivity contribution < 1.29 is 80.2 Å². The van der Waals surface area contributed by atoms with Crippen LogP contribution in [0.15, 0.2) is 0 Å². The minimum absolute atomic E-state index is 0.105. The molecule has 0 aliphatic rings. The van der Waals surface area contributed by atoms with E-state index in [9.17, 15) is 43.2 Å². The van der Waals surface area contributed by atoms with E-state index in [1.54, 1.807) is 0 Å². The van der Waals surface area contributed by atoms with Crippen LogP contribution in [0.4, 0.5) is 0 Å². The highest BCUT2D eigenvalue weighted by Gasteiger charge is 2.30. The smallest absolute Gasteiger partial charge is 0.462 e. The van der Waals surface area contributed by atoms with Gasteiger partial charge in [-0.05, 0) is 37.5 Å². The summed E-state index contributed by atoms with van der Waals surface area (Å²) in [6.45, 7) is 9.49. The summed E-state index contributed by atoms with van der Waals surface area (Å²) in [4.78, 5) is 72.7. The van der Waals surface area contributed by atoms with Crippen molar-refractivity contribution in [3.05, 3.63) is 0 Å². The zero-order valence-electron chi connectivity index (χ0n) is 59.9. The van der Waals surface area contributed by atoms with Crippen LogP contribution in [-0.4, -0.2) is 96.7 Å². The van der Waals surface area contributed by atoms with E-state index in [-0.39, 0.29) is 25.7 Å². The highest BCUT2D eigenvalue weighted by Crippen LogP contribution is 2.45. The molecule has 0 rings (SSSR count). The maximum absolute atomic E-state index is 13.1. The average molecular weight is 1350 g/mol. The zero-order chi connectivity index (χ0) is 67.9. The van der Waals surface area contributed by atoms with Crippen LogP contribution in [0.3, 0.4) is 0 Å². The van der Waals surface area contributed by atoms with Gasteiger partial charge in [0, 0.05) is 25.7 Å². The molecule has 92 heavy (non-hydrogen) atoms. The lowest BCUT2D eigenvalue weighted by molar-refractivity contribution is -0.161. The number of unbranched alkanes of at least 4 members (excludes halogenated alkanes) is 42. The lowest BCUT2D eigenvalue weighted by Crippen LogP contribution is -2.30. The number of carbonyl (C=O) groups is 4. The fourth-order valence-corrected chi connectivity index (χ4v) is 12.7. The number of phosphoric acid groups is 2. The second-order valence-electron chi connectivity index (χ2n) is 27.3. The number of ether oxygens (including phenoxy) is 4. The Kier molecular flexibility index (Phi) is 63.7. The van der Waals surface area contributed by atoms with E-state index >= 15 is 0 Å². The lowest BCUT2D eigenvalue weighted by Gasteiger charge is -2.21. The maximum Gasteiger partial charge on any atom is 0.472 e. The summed E-state index contributed by atoms with van der Waals surface area (Å²) in [6.07, 6.45) is 51.4. The first-order valence-electron chi connectivity index (χ1n) is 38.0. The molecule has 0 saturated carbocycles. The van der Waals surface area contributed by atoms with E-state index in [1.165, 1.54) is 186 Å². The molecule has 17 nitrogen and oxygen atoms in total. The molecule has 0 fully saturated rings. The quantitative estimate of drug-likeness (QED) is 0.0222. The number of esters is 4. The Hall–Kier alpha value is -1.94. The van der Waals surface area contributed by atoms with Crippen LogP contribution in [0.1, 0.15) is 375 Å². The van der Waals surface area contributed by atoms with Gasteiger partial charge in [0.25, 0.3) is 0 Å². The zero-order valence-corrected chi connectivity index (χ0v) is 61.6. The standard InChI is InChI=1S/C73H142O17P2/c1-7-9-11-13-15-17-19-21-23-25-27-32-36-43-49-55-70(75)83-61-68(89-72(77)57-51-45-37-33-28-26-24-22-20-18-16-14-12-10-8-2)63-87-91(79,80)85-59-67(74)60-86-92(81,82)88-64-69(62-84-71(76)56-50-44-40-39-42-48-54-66(5)6)90-73(78)58-52-46-38-34-30-29-31-35-41-47-53-65(3)4/h65-69,74H,7-64H2,1-6H3,(H,79,80)(H,81,82)/t67-,68-,69-/m1/s1. The molecule has 2 unspecified atom stereocenters. The van der Waals surface area contributed by atoms with E-state index in [2.05, 4.69) is 41.5 Å². The van der Waals surface area contributed by atoms with Gasteiger partial charge < -0.3 is 33.8 Å². The van der Waals surface area contributed by atoms with E-state index < -0.39 is 97.5 Å². The average Bonchev–Trinajstić information content (AvgIpc) is 3.68. The van der Waals surface area contributed by atoms with E-state index in [0.717, 1.165) is 102 Å². The summed E-state index contributed by atoms with van der Waals surface area (Å²) in [5, 5.41) is 10.6. The second-order valence-corrected chi connectivity index (χ2v) is 30.2. The largest absolute Gasteiger partial charge is 0.472 e. The van der Waals surface area contributed by atoms with Gasteiger partial charge in [0.05, 0.1) is 26.4 Å². The molecule has 0 bridgehead atoms. The number of rotatable bonds is 72. The number of hydrogen-bond donors (Lipinski definition) is 3. The SMILES string of the molecule is CCCCCCCCCCCCCCCCCC(=O)OC[C@H](COP(=O)(O)OC[C@@H](O)COP(=O)(O)OC[C@@H](COC(=O)CCCCCCCCC(C)C)OC(=O)CCCCCCCCCCCCC(C)C)OC(=O)CCCCCCCCCCCCCCCCC. The Bertz CT molecular complexity index is 1790. The Labute approximate surface area is 562 Å². The van der Waals surface area contributed by atoms with Crippen molar-refractivity contribution in [1.82, 2.24) is 0 Å². The molecule has 0 heterocycles. The van der Waals surface area contributed by atoms with E-state index in [4.69, 9.17) is 37.0 Å². The summed E-state index contributed by atoms with van der Waals surface area (Å²) in [5.74, 6) is -0.689. The van der Waals surface area contributed by atoms with Gasteiger partial charge in [0.1, 0.15) is 19.3 Å². The van der Waals surface area contributed by atoms with E-state index in [0.29, 0.717) is 31.6 Å². The predicted molar refractivity (Wildman–Crippen MR) is 372 cm³/mol. The molecule has 19 heteroatoms. The highest BCUT2D eigenvalue weighted by molar-refractivity contribution is 7.47. The first kappa shape index (κ1) is 90.1. The Morgan fingerprint density at radius 2 is 0.500 bits per heavy atom. The molecule has 0 aromatic heterocycles. The molecule has 0 aliphatic heterocycles. The third-order valence-electron chi connectivity index (χ3n) is 17.0. The first-order chi connectivity index (χ1) is 44.4. The number of carbonyl (C=O) groups excluding carboxylic acids is 4. The maximum atomic E-state index is 13.1. The van der Waals surface area contributed by atoms with Gasteiger partial charge >= 0.3 is 39.5 Å². The van der Waals surface area contributed by atoms with Crippen molar-refractivity contribution in [2.24, 2.45) is 11.8 Å². The van der Waals surface area contributed by atoms with Crippen LogP contribution in [0, 0.1) is 11.8 Å². The number of hydrogen-bond acceptors (Lipinski definition) is 15. The van der Waals surface area contributed by atoms with Gasteiger partial charge in [0.15, 0.2) is 12.2 Å². The normalized spacial score (nSPS) is 14.1. The Morgan fingerprint density at radius 3 is 0.739 bits per heavy atom. The summed E-state index contributed by atoms with van der Waals surface area (Å²) in [6, 6.07) is 0. The van der Waals surface area contributed by atoms with Crippen molar-refractivity contribution in [2.45, 2.75) is 394 Å². The highest BCUT2D eigenvalue weighted by atomic mass is 31.2.